The predicted octanol–water partition coefficient (Wildman–Crippen LogP) is 1.84. The molecule has 0 aliphatic carbocycles. The Kier molecular flexibility index (Phi) is 4.34. The van der Waals surface area contributed by atoms with E-state index < -0.39 is 11.4 Å². The van der Waals surface area contributed by atoms with Crippen LogP contribution in [-0.2, 0) is 11.8 Å². The molecule has 1 aliphatic rings. The fourth-order valence-electron chi connectivity index (χ4n) is 3.07. The number of likely N-dealkylation sites (tertiary alicyclic amines) is 1. The molecule has 2 heterocycles. The van der Waals surface area contributed by atoms with Crippen LogP contribution in [0.2, 0.25) is 0 Å². The van der Waals surface area contributed by atoms with Gasteiger partial charge >= 0.3 is 5.97 Å². The molecule has 1 aliphatic heterocycles. The first-order valence-electron chi connectivity index (χ1n) is 7.42. The van der Waals surface area contributed by atoms with Crippen molar-refractivity contribution in [2.45, 2.75) is 39.5 Å². The van der Waals surface area contributed by atoms with Crippen molar-refractivity contribution in [1.82, 2.24) is 14.7 Å². The fourth-order valence-corrected chi connectivity index (χ4v) is 3.07. The molecule has 0 spiro atoms. The monoisotopic (exact) mass is 293 g/mol. The van der Waals surface area contributed by atoms with E-state index in [4.69, 9.17) is 0 Å². The lowest BCUT2D eigenvalue weighted by Gasteiger charge is -2.38. The van der Waals surface area contributed by atoms with Crippen molar-refractivity contribution < 1.29 is 14.7 Å². The Hall–Kier alpha value is -1.85. The summed E-state index contributed by atoms with van der Waals surface area (Å²) >= 11 is 0. The molecule has 1 saturated heterocycles. The molecule has 0 unspecified atom stereocenters. The zero-order chi connectivity index (χ0) is 15.6. The number of hydrogen-bond donors (Lipinski definition) is 1. The number of piperidine rings is 1. The summed E-state index contributed by atoms with van der Waals surface area (Å²) in [6.07, 6.45) is 4.17. The van der Waals surface area contributed by atoms with E-state index in [0.717, 1.165) is 12.1 Å². The van der Waals surface area contributed by atoms with Crippen molar-refractivity contribution >= 4 is 11.9 Å². The molecular formula is C15H23N3O3. The Morgan fingerprint density at radius 1 is 1.38 bits per heavy atom. The largest absolute Gasteiger partial charge is 0.481 e. The normalized spacial score (nSPS) is 17.8. The number of hydrogen-bond acceptors (Lipinski definition) is 3. The number of carbonyl (C=O) groups is 2. The number of carboxylic acid groups (broad SMARTS) is 1. The molecule has 116 valence electrons. The summed E-state index contributed by atoms with van der Waals surface area (Å²) in [7, 11) is 1.80. The molecule has 0 aromatic carbocycles. The van der Waals surface area contributed by atoms with E-state index in [9.17, 15) is 14.7 Å². The first-order chi connectivity index (χ1) is 9.91. The Morgan fingerprint density at radius 3 is 2.43 bits per heavy atom. The fraction of sp³-hybridized carbons (Fsp3) is 0.667. The number of aliphatic carboxylic acids is 1. The van der Waals surface area contributed by atoms with E-state index in [1.54, 1.807) is 22.8 Å². The first kappa shape index (κ1) is 15.5. The van der Waals surface area contributed by atoms with Crippen LogP contribution in [-0.4, -0.2) is 44.8 Å². The quantitative estimate of drug-likeness (QED) is 0.919. The summed E-state index contributed by atoms with van der Waals surface area (Å²) in [6, 6.07) is 0. The summed E-state index contributed by atoms with van der Waals surface area (Å²) in [5.74, 6) is -0.773. The van der Waals surface area contributed by atoms with Gasteiger partial charge in [0, 0.05) is 25.8 Å². The molecule has 1 fully saturated rings. The minimum absolute atomic E-state index is 0.0453. The van der Waals surface area contributed by atoms with E-state index in [1.165, 1.54) is 0 Å². The van der Waals surface area contributed by atoms with Crippen molar-refractivity contribution in [2.24, 2.45) is 12.5 Å². The van der Waals surface area contributed by atoms with Crippen LogP contribution >= 0.6 is 0 Å². The molecule has 6 heteroatoms. The average molecular weight is 293 g/mol. The van der Waals surface area contributed by atoms with Gasteiger partial charge in [0.1, 0.15) is 0 Å². The lowest BCUT2D eigenvalue weighted by molar-refractivity contribution is -0.152. The van der Waals surface area contributed by atoms with Gasteiger partial charge < -0.3 is 10.0 Å². The zero-order valence-electron chi connectivity index (χ0n) is 12.9. The van der Waals surface area contributed by atoms with E-state index in [1.807, 2.05) is 13.8 Å². The SMILES string of the molecule is CCCC1(C(=O)O)CCN(C(=O)c2cnn(C)c2C)CC1. The minimum Gasteiger partial charge on any atom is -0.481 e. The second-order valence-electron chi connectivity index (χ2n) is 5.89. The van der Waals surface area contributed by atoms with Gasteiger partial charge in [-0.15, -0.1) is 0 Å². The number of amides is 1. The molecule has 0 bridgehead atoms. The standard InChI is InChI=1S/C15H23N3O3/c1-4-5-15(14(20)21)6-8-18(9-7-15)13(19)12-10-16-17(3)11(12)2/h10H,4-9H2,1-3H3,(H,20,21). The van der Waals surface area contributed by atoms with Crippen molar-refractivity contribution in [2.75, 3.05) is 13.1 Å². The zero-order valence-corrected chi connectivity index (χ0v) is 12.9. The second-order valence-corrected chi connectivity index (χ2v) is 5.89. The van der Waals surface area contributed by atoms with Gasteiger partial charge in [-0.05, 0) is 26.2 Å². The third-order valence-electron chi connectivity index (χ3n) is 4.66. The predicted molar refractivity (Wildman–Crippen MR) is 78.1 cm³/mol. The maximum Gasteiger partial charge on any atom is 0.309 e. The van der Waals surface area contributed by atoms with Gasteiger partial charge in [0.05, 0.1) is 17.2 Å². The third kappa shape index (κ3) is 2.80. The summed E-state index contributed by atoms with van der Waals surface area (Å²) in [4.78, 5) is 25.8. The highest BCUT2D eigenvalue weighted by Gasteiger charge is 2.41. The Bertz CT molecular complexity index is 542. The smallest absolute Gasteiger partial charge is 0.309 e. The van der Waals surface area contributed by atoms with Crippen molar-refractivity contribution in [3.63, 3.8) is 0 Å². The molecule has 2 rings (SSSR count). The Balaban J connectivity index is 2.08. The molecule has 0 saturated carbocycles. The summed E-state index contributed by atoms with van der Waals surface area (Å²) in [5.41, 5.74) is 0.787. The van der Waals surface area contributed by atoms with E-state index in [-0.39, 0.29) is 5.91 Å². The maximum atomic E-state index is 12.5. The minimum atomic E-state index is -0.728. The van der Waals surface area contributed by atoms with Gasteiger partial charge in [0.15, 0.2) is 0 Å². The first-order valence-corrected chi connectivity index (χ1v) is 7.42. The Labute approximate surface area is 124 Å². The lowest BCUT2D eigenvalue weighted by Crippen LogP contribution is -2.46. The van der Waals surface area contributed by atoms with E-state index >= 15 is 0 Å². The van der Waals surface area contributed by atoms with Gasteiger partial charge in [-0.25, -0.2) is 0 Å². The van der Waals surface area contributed by atoms with Crippen LogP contribution in [0.15, 0.2) is 6.20 Å². The highest BCUT2D eigenvalue weighted by molar-refractivity contribution is 5.95. The van der Waals surface area contributed by atoms with Crippen LogP contribution in [0.3, 0.4) is 0 Å². The average Bonchev–Trinajstić information content (AvgIpc) is 2.79. The van der Waals surface area contributed by atoms with Crippen LogP contribution in [0.5, 0.6) is 0 Å². The highest BCUT2D eigenvalue weighted by atomic mass is 16.4. The van der Waals surface area contributed by atoms with Gasteiger partial charge in [0.2, 0.25) is 0 Å². The second kappa shape index (κ2) is 5.87. The third-order valence-corrected chi connectivity index (χ3v) is 4.66. The van der Waals surface area contributed by atoms with Gasteiger partial charge in [0.25, 0.3) is 5.91 Å². The molecule has 1 aromatic rings. The number of aryl methyl sites for hydroxylation is 1. The summed E-state index contributed by atoms with van der Waals surface area (Å²) < 4.78 is 1.68. The Morgan fingerprint density at radius 2 is 2.00 bits per heavy atom. The van der Waals surface area contributed by atoms with Crippen molar-refractivity contribution in [3.8, 4) is 0 Å². The van der Waals surface area contributed by atoms with E-state index in [2.05, 4.69) is 5.10 Å². The highest BCUT2D eigenvalue weighted by Crippen LogP contribution is 2.36. The topological polar surface area (TPSA) is 75.4 Å². The number of nitrogens with zero attached hydrogens (tertiary/aromatic N) is 3. The molecule has 1 N–H and O–H groups in total. The van der Waals surface area contributed by atoms with Crippen molar-refractivity contribution in [3.05, 3.63) is 17.5 Å². The van der Waals surface area contributed by atoms with Gasteiger partial charge in [-0.2, -0.15) is 5.10 Å². The number of carbonyl (C=O) groups excluding carboxylic acids is 1. The molecule has 21 heavy (non-hydrogen) atoms. The maximum absolute atomic E-state index is 12.5. The van der Waals surface area contributed by atoms with Crippen LogP contribution in [0, 0.1) is 12.3 Å². The number of rotatable bonds is 4. The van der Waals surface area contributed by atoms with Crippen LogP contribution in [0.4, 0.5) is 0 Å². The molecule has 0 radical (unpaired) electrons. The van der Waals surface area contributed by atoms with E-state index in [0.29, 0.717) is 37.9 Å². The summed E-state index contributed by atoms with van der Waals surface area (Å²) in [5, 5.41) is 13.6. The van der Waals surface area contributed by atoms with Crippen LogP contribution in [0.1, 0.15) is 48.7 Å². The molecular weight excluding hydrogens is 270 g/mol. The molecule has 1 aromatic heterocycles. The number of aromatic nitrogens is 2. The van der Waals surface area contributed by atoms with Crippen LogP contribution < -0.4 is 0 Å². The lowest BCUT2D eigenvalue weighted by atomic mass is 9.75. The van der Waals surface area contributed by atoms with Gasteiger partial charge in [-0.1, -0.05) is 13.3 Å². The van der Waals surface area contributed by atoms with Gasteiger partial charge in [-0.3, -0.25) is 14.3 Å². The molecule has 0 atom stereocenters. The molecule has 1 amide bonds. The van der Waals surface area contributed by atoms with Crippen molar-refractivity contribution in [1.29, 1.82) is 0 Å². The summed E-state index contributed by atoms with van der Waals surface area (Å²) in [6.45, 7) is 4.86. The number of carboxylic acids is 1. The van der Waals surface area contributed by atoms with Crippen LogP contribution in [0.25, 0.3) is 0 Å². The molecule has 6 nitrogen and oxygen atoms in total.